The second-order valence-corrected chi connectivity index (χ2v) is 6.04. The number of phenolic OH excluding ortho intramolecular Hbond substituents is 1. The van der Waals surface area contributed by atoms with Crippen molar-refractivity contribution in [3.8, 4) is 5.75 Å². The maximum Gasteiger partial charge on any atom is 0.312 e. The van der Waals surface area contributed by atoms with E-state index in [1.165, 1.54) is 17.8 Å². The minimum absolute atomic E-state index is 0.286. The number of rotatable bonds is 4. The minimum Gasteiger partial charge on any atom is -0.502 e. The number of nitro benzene ring substituents is 1. The van der Waals surface area contributed by atoms with E-state index in [0.717, 1.165) is 0 Å². The third kappa shape index (κ3) is 3.71. The molecule has 5 nitrogen and oxygen atoms in total. The quantitative estimate of drug-likeness (QED) is 0.475. The summed E-state index contributed by atoms with van der Waals surface area (Å²) in [6, 6.07) is 10.5. The molecule has 0 unspecified atom stereocenters. The molecule has 0 fully saturated rings. The van der Waals surface area contributed by atoms with E-state index in [1.807, 2.05) is 24.3 Å². The van der Waals surface area contributed by atoms with Crippen molar-refractivity contribution in [2.75, 3.05) is 0 Å². The van der Waals surface area contributed by atoms with Crippen LogP contribution in [0, 0.1) is 10.1 Å². The number of nitro groups is 1. The van der Waals surface area contributed by atoms with Crippen LogP contribution in [-0.4, -0.2) is 16.2 Å². The van der Waals surface area contributed by atoms with Gasteiger partial charge < -0.3 is 5.11 Å². The molecule has 2 aromatic rings. The summed E-state index contributed by atoms with van der Waals surface area (Å²) < 4.78 is 0.508. The van der Waals surface area contributed by atoms with Crippen molar-refractivity contribution < 1.29 is 10.0 Å². The van der Waals surface area contributed by atoms with E-state index in [9.17, 15) is 15.2 Å². The molecule has 0 spiro atoms. The molecule has 0 aliphatic carbocycles. The number of hydrogen-bond donors (Lipinski definition) is 1. The summed E-state index contributed by atoms with van der Waals surface area (Å²) in [6.45, 7) is 4.22. The number of aromatic hydroxyl groups is 1. The van der Waals surface area contributed by atoms with Gasteiger partial charge in [-0.15, -0.1) is 0 Å². The van der Waals surface area contributed by atoms with E-state index < -0.39 is 10.7 Å². The van der Waals surface area contributed by atoms with Gasteiger partial charge in [0.25, 0.3) is 0 Å². The maximum absolute atomic E-state index is 10.9. The third-order valence-electron chi connectivity index (χ3n) is 3.19. The molecule has 6 heteroatoms. The molecule has 2 aromatic carbocycles. The fourth-order valence-corrected chi connectivity index (χ4v) is 2.40. The Kier molecular flexibility index (Phi) is 4.92. The van der Waals surface area contributed by atoms with Gasteiger partial charge >= 0.3 is 5.69 Å². The smallest absolute Gasteiger partial charge is 0.312 e. The van der Waals surface area contributed by atoms with Crippen molar-refractivity contribution in [1.82, 2.24) is 0 Å². The van der Waals surface area contributed by atoms with Gasteiger partial charge in [0.15, 0.2) is 0 Å². The number of benzene rings is 2. The highest BCUT2D eigenvalue weighted by Gasteiger charge is 2.17. The Morgan fingerprint density at radius 1 is 1.27 bits per heavy atom. The third-order valence-corrected chi connectivity index (χ3v) is 3.65. The summed E-state index contributed by atoms with van der Waals surface area (Å²) in [5.41, 5.74) is 1.85. The summed E-state index contributed by atoms with van der Waals surface area (Å²) in [5, 5.41) is 20.8. The predicted molar refractivity (Wildman–Crippen MR) is 90.2 cm³/mol. The first-order valence-electron chi connectivity index (χ1n) is 6.69. The first kappa shape index (κ1) is 16.2. The Labute approximate surface area is 136 Å². The van der Waals surface area contributed by atoms with Crippen LogP contribution in [0.2, 0.25) is 0 Å². The average Bonchev–Trinajstić information content (AvgIpc) is 2.47. The van der Waals surface area contributed by atoms with Crippen LogP contribution < -0.4 is 0 Å². The van der Waals surface area contributed by atoms with E-state index in [2.05, 4.69) is 34.8 Å². The number of hydrogen-bond acceptors (Lipinski definition) is 4. The lowest BCUT2D eigenvalue weighted by molar-refractivity contribution is -0.385. The van der Waals surface area contributed by atoms with Crippen LogP contribution in [0.15, 0.2) is 45.9 Å². The SMILES string of the molecule is CC(C)c1ccc(N=Cc2cc(Br)cc([N+](=O)[O-])c2O)cc1. The maximum atomic E-state index is 10.9. The minimum atomic E-state index is -0.630. The molecule has 0 saturated heterocycles. The molecule has 0 radical (unpaired) electrons. The molecule has 0 bridgehead atoms. The van der Waals surface area contributed by atoms with Crippen LogP contribution >= 0.6 is 15.9 Å². The van der Waals surface area contributed by atoms with Gasteiger partial charge in [-0.25, -0.2) is 0 Å². The zero-order chi connectivity index (χ0) is 16.3. The lowest BCUT2D eigenvalue weighted by Crippen LogP contribution is -1.92. The highest BCUT2D eigenvalue weighted by atomic mass is 79.9. The molecule has 0 saturated carbocycles. The van der Waals surface area contributed by atoms with Crippen LogP contribution in [0.5, 0.6) is 5.75 Å². The second-order valence-electron chi connectivity index (χ2n) is 5.12. The molecule has 0 aromatic heterocycles. The molecule has 0 amide bonds. The molecular weight excluding hydrogens is 348 g/mol. The fraction of sp³-hybridized carbons (Fsp3) is 0.188. The van der Waals surface area contributed by atoms with Crippen molar-refractivity contribution >= 4 is 33.5 Å². The topological polar surface area (TPSA) is 75.7 Å². The van der Waals surface area contributed by atoms with E-state index in [4.69, 9.17) is 0 Å². The van der Waals surface area contributed by atoms with Crippen LogP contribution in [0.25, 0.3) is 0 Å². The van der Waals surface area contributed by atoms with Crippen molar-refractivity contribution in [3.63, 3.8) is 0 Å². The van der Waals surface area contributed by atoms with Crippen molar-refractivity contribution in [2.24, 2.45) is 4.99 Å². The number of phenols is 1. The van der Waals surface area contributed by atoms with Gasteiger partial charge in [0.1, 0.15) is 0 Å². The Balaban J connectivity index is 2.32. The average molecular weight is 363 g/mol. The van der Waals surface area contributed by atoms with E-state index in [1.54, 1.807) is 6.07 Å². The first-order chi connectivity index (χ1) is 10.4. The van der Waals surface area contributed by atoms with Crippen molar-refractivity contribution in [3.05, 3.63) is 62.1 Å². The molecule has 1 N–H and O–H groups in total. The van der Waals surface area contributed by atoms with Crippen LogP contribution in [-0.2, 0) is 0 Å². The molecule has 114 valence electrons. The summed E-state index contributed by atoms with van der Waals surface area (Å²) >= 11 is 3.19. The van der Waals surface area contributed by atoms with Gasteiger partial charge in [0.2, 0.25) is 5.75 Å². The molecule has 0 atom stereocenters. The zero-order valence-electron chi connectivity index (χ0n) is 12.2. The van der Waals surface area contributed by atoms with E-state index in [0.29, 0.717) is 16.1 Å². The summed E-state index contributed by atoms with van der Waals surface area (Å²) in [4.78, 5) is 14.5. The first-order valence-corrected chi connectivity index (χ1v) is 7.48. The Morgan fingerprint density at radius 3 is 2.45 bits per heavy atom. The summed E-state index contributed by atoms with van der Waals surface area (Å²) in [5.74, 6) is 0.0468. The standard InChI is InChI=1S/C16H15BrN2O3/c1-10(2)11-3-5-14(6-4-11)18-9-12-7-13(17)8-15(16(12)20)19(21)22/h3-10,20H,1-2H3. The monoisotopic (exact) mass is 362 g/mol. The number of aliphatic imine (C=N–C) groups is 1. The predicted octanol–water partition coefficient (Wildman–Crippen LogP) is 4.94. The molecule has 22 heavy (non-hydrogen) atoms. The van der Waals surface area contributed by atoms with Crippen molar-refractivity contribution in [2.45, 2.75) is 19.8 Å². The highest BCUT2D eigenvalue weighted by Crippen LogP contribution is 2.32. The lowest BCUT2D eigenvalue weighted by Gasteiger charge is -2.05. The lowest BCUT2D eigenvalue weighted by atomic mass is 10.0. The molecule has 2 rings (SSSR count). The second kappa shape index (κ2) is 6.70. The van der Waals surface area contributed by atoms with Crippen LogP contribution in [0.4, 0.5) is 11.4 Å². The van der Waals surface area contributed by atoms with Crippen LogP contribution in [0.1, 0.15) is 30.9 Å². The number of halogens is 1. The van der Waals surface area contributed by atoms with Gasteiger partial charge in [-0.2, -0.15) is 0 Å². The van der Waals surface area contributed by atoms with Gasteiger partial charge in [0.05, 0.1) is 10.6 Å². The van der Waals surface area contributed by atoms with Gasteiger partial charge in [-0.1, -0.05) is 41.9 Å². The molecule has 0 heterocycles. The normalized spacial score (nSPS) is 11.3. The van der Waals surface area contributed by atoms with Gasteiger partial charge in [0, 0.05) is 22.3 Å². The summed E-state index contributed by atoms with van der Waals surface area (Å²) in [7, 11) is 0. The van der Waals surface area contributed by atoms with Gasteiger partial charge in [-0.3, -0.25) is 15.1 Å². The number of nitrogens with zero attached hydrogens (tertiary/aromatic N) is 2. The van der Waals surface area contributed by atoms with Crippen molar-refractivity contribution in [1.29, 1.82) is 0 Å². The van der Waals surface area contributed by atoms with Gasteiger partial charge in [-0.05, 0) is 29.7 Å². The zero-order valence-corrected chi connectivity index (χ0v) is 13.7. The summed E-state index contributed by atoms with van der Waals surface area (Å²) in [6.07, 6.45) is 1.41. The molecule has 0 aliphatic heterocycles. The van der Waals surface area contributed by atoms with Crippen LogP contribution in [0.3, 0.4) is 0 Å². The van der Waals surface area contributed by atoms with E-state index in [-0.39, 0.29) is 11.3 Å². The molecular formula is C16H15BrN2O3. The Morgan fingerprint density at radius 2 is 1.91 bits per heavy atom. The largest absolute Gasteiger partial charge is 0.502 e. The highest BCUT2D eigenvalue weighted by molar-refractivity contribution is 9.10. The fourth-order valence-electron chi connectivity index (χ4n) is 1.93. The Hall–Kier alpha value is -2.21. The van der Waals surface area contributed by atoms with E-state index >= 15 is 0 Å². The Bertz CT molecular complexity index is 725. The molecule has 0 aliphatic rings.